The van der Waals surface area contributed by atoms with E-state index in [9.17, 15) is 13.5 Å². The first-order valence-electron chi connectivity index (χ1n) is 8.47. The molecule has 1 heterocycles. The second-order valence-electron chi connectivity index (χ2n) is 6.88. The van der Waals surface area contributed by atoms with Crippen LogP contribution in [0.2, 0.25) is 0 Å². The maximum absolute atomic E-state index is 11.6. The van der Waals surface area contributed by atoms with E-state index >= 15 is 0 Å². The third kappa shape index (κ3) is 3.57. The molecule has 0 saturated carbocycles. The minimum absolute atomic E-state index is 0.0143. The summed E-state index contributed by atoms with van der Waals surface area (Å²) in [6, 6.07) is 8.55. The van der Waals surface area contributed by atoms with E-state index in [-0.39, 0.29) is 24.6 Å². The monoisotopic (exact) mass is 350 g/mol. The van der Waals surface area contributed by atoms with Crippen LogP contribution in [0.3, 0.4) is 0 Å². The van der Waals surface area contributed by atoms with Crippen LogP contribution in [0.15, 0.2) is 30.3 Å². The van der Waals surface area contributed by atoms with Gasteiger partial charge in [-0.2, -0.15) is 0 Å². The average molecular weight is 350 g/mol. The number of rotatable bonds is 6. The van der Waals surface area contributed by atoms with Crippen molar-refractivity contribution in [2.75, 3.05) is 26.5 Å². The number of sulfonamides is 1. The largest absolute Gasteiger partial charge is 0.395 e. The Bertz CT molecular complexity index is 712. The molecular formula is C18H26N2O3S. The molecule has 0 aromatic heterocycles. The molecule has 0 bridgehead atoms. The topological polar surface area (TPSA) is 69.6 Å². The van der Waals surface area contributed by atoms with Crippen molar-refractivity contribution in [3.8, 4) is 0 Å². The fraction of sp³-hybridized carbons (Fsp3) is 0.556. The number of allylic oxidation sites excluding steroid dienone is 2. The highest BCUT2D eigenvalue weighted by Crippen LogP contribution is 2.34. The van der Waals surface area contributed by atoms with Gasteiger partial charge in [0.05, 0.1) is 12.9 Å². The van der Waals surface area contributed by atoms with Gasteiger partial charge in [-0.15, -0.1) is 0 Å². The van der Waals surface area contributed by atoms with Gasteiger partial charge in [0.15, 0.2) is 0 Å². The molecule has 1 aliphatic heterocycles. The molecule has 2 aliphatic rings. The molecule has 3 atom stereocenters. The summed E-state index contributed by atoms with van der Waals surface area (Å²) >= 11 is 0. The minimum atomic E-state index is -3.20. The summed E-state index contributed by atoms with van der Waals surface area (Å²) in [4.78, 5) is 0. The molecule has 1 saturated heterocycles. The summed E-state index contributed by atoms with van der Waals surface area (Å²) in [7, 11) is -1.61. The molecule has 1 aromatic rings. The highest BCUT2D eigenvalue weighted by molar-refractivity contribution is 7.88. The fourth-order valence-corrected chi connectivity index (χ4v) is 4.14. The Morgan fingerprint density at radius 1 is 1.25 bits per heavy atom. The van der Waals surface area contributed by atoms with Crippen molar-refractivity contribution in [3.05, 3.63) is 41.5 Å². The lowest BCUT2D eigenvalue weighted by molar-refractivity contribution is 0.118. The molecule has 132 valence electrons. The number of nitrogens with one attached hydrogen (secondary N) is 1. The number of benzene rings is 1. The van der Waals surface area contributed by atoms with Gasteiger partial charge in [-0.3, -0.25) is 0 Å². The molecule has 0 spiro atoms. The second-order valence-corrected chi connectivity index (χ2v) is 8.96. The zero-order valence-electron chi connectivity index (χ0n) is 14.3. The first-order chi connectivity index (χ1) is 11.4. The molecule has 0 amide bonds. The van der Waals surface area contributed by atoms with Crippen molar-refractivity contribution in [2.45, 2.75) is 37.3 Å². The lowest BCUT2D eigenvalue weighted by atomic mass is 9.77. The number of hydrogen-bond acceptors (Lipinski definition) is 4. The Balaban J connectivity index is 1.74. The lowest BCUT2D eigenvalue weighted by Gasteiger charge is -2.47. The summed E-state index contributed by atoms with van der Waals surface area (Å²) in [5, 5.41) is 12.8. The molecule has 1 fully saturated rings. The maximum Gasteiger partial charge on any atom is 0.211 e. The Kier molecular flexibility index (Phi) is 5.11. The van der Waals surface area contributed by atoms with E-state index in [1.807, 2.05) is 0 Å². The molecule has 24 heavy (non-hydrogen) atoms. The van der Waals surface area contributed by atoms with Gasteiger partial charge in [0.1, 0.15) is 0 Å². The van der Waals surface area contributed by atoms with Crippen LogP contribution in [0, 0.1) is 0 Å². The Labute approximate surface area is 144 Å². The minimum Gasteiger partial charge on any atom is -0.395 e. The van der Waals surface area contributed by atoms with Gasteiger partial charge in [-0.05, 0) is 36.0 Å². The molecule has 2 N–H and O–H groups in total. The van der Waals surface area contributed by atoms with Gasteiger partial charge in [0, 0.05) is 31.6 Å². The standard InChI is InChI=1S/C18H26N2O3S/c1-20(24(2,22)23)11-16-18(17(12-21)19-16)15-9-7-14(8-10-15)13-5-3-4-6-13/h5,7-10,16-19,21H,3-4,6,11-12H2,1-2H3/t16-,17-,18+/m0/s1. The summed E-state index contributed by atoms with van der Waals surface area (Å²) in [6.45, 7) is 0.462. The smallest absolute Gasteiger partial charge is 0.211 e. The molecule has 5 nitrogen and oxygen atoms in total. The van der Waals surface area contributed by atoms with Crippen LogP contribution in [-0.2, 0) is 10.0 Å². The Morgan fingerprint density at radius 2 is 1.96 bits per heavy atom. The van der Waals surface area contributed by atoms with Crippen LogP contribution in [0.5, 0.6) is 0 Å². The normalized spacial score (nSPS) is 27.2. The predicted octanol–water partition coefficient (Wildman–Crippen LogP) is 1.56. The van der Waals surface area contributed by atoms with Crippen molar-refractivity contribution >= 4 is 15.6 Å². The van der Waals surface area contributed by atoms with Gasteiger partial charge >= 0.3 is 0 Å². The van der Waals surface area contributed by atoms with E-state index in [2.05, 4.69) is 35.7 Å². The van der Waals surface area contributed by atoms with Crippen LogP contribution < -0.4 is 5.32 Å². The number of nitrogens with zero attached hydrogens (tertiary/aromatic N) is 1. The van der Waals surface area contributed by atoms with Crippen molar-refractivity contribution < 1.29 is 13.5 Å². The Hall–Kier alpha value is -1.21. The van der Waals surface area contributed by atoms with E-state index in [4.69, 9.17) is 0 Å². The lowest BCUT2D eigenvalue weighted by Crippen LogP contribution is -2.64. The first kappa shape index (κ1) is 17.6. The average Bonchev–Trinajstić information content (AvgIpc) is 3.05. The number of aliphatic hydroxyl groups is 1. The second kappa shape index (κ2) is 6.96. The number of likely N-dealkylation sites (N-methyl/N-ethyl adjacent to an activating group) is 1. The first-order valence-corrected chi connectivity index (χ1v) is 10.3. The van der Waals surface area contributed by atoms with Crippen LogP contribution >= 0.6 is 0 Å². The molecular weight excluding hydrogens is 324 g/mol. The number of hydrogen-bond donors (Lipinski definition) is 2. The van der Waals surface area contributed by atoms with Crippen molar-refractivity contribution in [1.29, 1.82) is 0 Å². The fourth-order valence-electron chi connectivity index (χ4n) is 3.71. The Morgan fingerprint density at radius 3 is 2.50 bits per heavy atom. The van der Waals surface area contributed by atoms with E-state index < -0.39 is 10.0 Å². The van der Waals surface area contributed by atoms with Gasteiger partial charge in [0.25, 0.3) is 0 Å². The predicted molar refractivity (Wildman–Crippen MR) is 96.3 cm³/mol. The van der Waals surface area contributed by atoms with Crippen molar-refractivity contribution in [2.24, 2.45) is 0 Å². The number of aliphatic hydroxyl groups excluding tert-OH is 1. The SMILES string of the molecule is CN(C[C@@H]1N[C@@H](CO)[C@@H]1c1ccc(C2=CCCC2)cc1)S(C)(=O)=O. The van der Waals surface area contributed by atoms with E-state index in [0.29, 0.717) is 6.54 Å². The summed E-state index contributed by atoms with van der Waals surface area (Å²) in [6.07, 6.45) is 7.06. The van der Waals surface area contributed by atoms with Crippen LogP contribution in [-0.4, -0.2) is 56.4 Å². The molecule has 0 unspecified atom stereocenters. The highest BCUT2D eigenvalue weighted by Gasteiger charge is 2.42. The molecule has 0 radical (unpaired) electrons. The van der Waals surface area contributed by atoms with E-state index in [1.165, 1.54) is 28.1 Å². The molecule has 6 heteroatoms. The zero-order chi connectivity index (χ0) is 17.3. The summed E-state index contributed by atoms with van der Waals surface area (Å²) in [5.41, 5.74) is 3.84. The molecule has 1 aromatic carbocycles. The third-order valence-corrected chi connectivity index (χ3v) is 6.50. The van der Waals surface area contributed by atoms with Crippen LogP contribution in [0.25, 0.3) is 5.57 Å². The zero-order valence-corrected chi connectivity index (χ0v) is 15.1. The third-order valence-electron chi connectivity index (χ3n) is 5.22. The summed E-state index contributed by atoms with van der Waals surface area (Å²) in [5.74, 6) is 0.130. The van der Waals surface area contributed by atoms with Crippen molar-refractivity contribution in [3.63, 3.8) is 0 Å². The quantitative estimate of drug-likeness (QED) is 0.817. The molecule has 3 rings (SSSR count). The van der Waals surface area contributed by atoms with E-state index in [0.717, 1.165) is 18.4 Å². The van der Waals surface area contributed by atoms with Gasteiger partial charge in [-0.1, -0.05) is 30.3 Å². The molecule has 1 aliphatic carbocycles. The summed E-state index contributed by atoms with van der Waals surface area (Å²) < 4.78 is 24.6. The van der Waals surface area contributed by atoms with Gasteiger partial charge < -0.3 is 10.4 Å². The highest BCUT2D eigenvalue weighted by atomic mass is 32.2. The van der Waals surface area contributed by atoms with Crippen LogP contribution in [0.1, 0.15) is 36.3 Å². The van der Waals surface area contributed by atoms with E-state index in [1.54, 1.807) is 7.05 Å². The van der Waals surface area contributed by atoms with Crippen LogP contribution in [0.4, 0.5) is 0 Å². The van der Waals surface area contributed by atoms with Crippen molar-refractivity contribution in [1.82, 2.24) is 9.62 Å². The van der Waals surface area contributed by atoms with Gasteiger partial charge in [0.2, 0.25) is 10.0 Å². The van der Waals surface area contributed by atoms with Gasteiger partial charge in [-0.25, -0.2) is 12.7 Å². The maximum atomic E-state index is 11.6.